The van der Waals surface area contributed by atoms with Crippen LogP contribution in [0.1, 0.15) is 58.1 Å². The molecule has 1 aromatic carbocycles. The summed E-state index contributed by atoms with van der Waals surface area (Å²) in [6.07, 6.45) is 4.64. The third kappa shape index (κ3) is 3.66. The first-order chi connectivity index (χ1) is 11.6. The molecule has 0 aliphatic carbocycles. The van der Waals surface area contributed by atoms with E-state index in [1.54, 1.807) is 0 Å². The third-order valence-corrected chi connectivity index (χ3v) is 10.8. The van der Waals surface area contributed by atoms with Crippen molar-refractivity contribution in [3.63, 3.8) is 0 Å². The standard InChI is InChI=1S/C20H32N2O2Si/c1-8-9-10-11-15-12-13-17-16(14-15)18(21-24-5)19(23)22(17)25(6,7)20(2,3)4/h12-14H,8-11H2,1-7H3/b21-18+. The Morgan fingerprint density at radius 1 is 1.20 bits per heavy atom. The summed E-state index contributed by atoms with van der Waals surface area (Å²) in [5.41, 5.74) is 3.62. The lowest BCUT2D eigenvalue weighted by molar-refractivity contribution is -0.111. The zero-order valence-electron chi connectivity index (χ0n) is 16.8. The minimum Gasteiger partial charge on any atom is -0.398 e. The molecule has 138 valence electrons. The maximum atomic E-state index is 13.2. The molecule has 4 nitrogen and oxygen atoms in total. The molecule has 0 unspecified atom stereocenters. The van der Waals surface area contributed by atoms with Gasteiger partial charge in [-0.05, 0) is 35.6 Å². The molecule has 1 aliphatic rings. The van der Waals surface area contributed by atoms with Gasteiger partial charge in [0.25, 0.3) is 5.91 Å². The number of fused-ring (bicyclic) bond motifs is 1. The molecule has 1 heterocycles. The summed E-state index contributed by atoms with van der Waals surface area (Å²) in [5, 5.41) is 4.13. The van der Waals surface area contributed by atoms with E-state index < -0.39 is 8.24 Å². The number of amides is 1. The van der Waals surface area contributed by atoms with Crippen molar-refractivity contribution in [2.24, 2.45) is 5.16 Å². The number of benzene rings is 1. The lowest BCUT2D eigenvalue weighted by Gasteiger charge is -2.43. The number of hydrogen-bond acceptors (Lipinski definition) is 3. The average Bonchev–Trinajstić information content (AvgIpc) is 2.79. The molecule has 0 saturated carbocycles. The van der Waals surface area contributed by atoms with Gasteiger partial charge in [0.05, 0.1) is 0 Å². The molecule has 0 N–H and O–H groups in total. The highest BCUT2D eigenvalue weighted by Crippen LogP contribution is 2.44. The second-order valence-electron chi connectivity index (χ2n) is 8.38. The van der Waals surface area contributed by atoms with Gasteiger partial charge < -0.3 is 9.40 Å². The van der Waals surface area contributed by atoms with Crippen LogP contribution in [0.25, 0.3) is 0 Å². The first-order valence-corrected chi connectivity index (χ1v) is 12.2. The Morgan fingerprint density at radius 2 is 1.88 bits per heavy atom. The Morgan fingerprint density at radius 3 is 2.44 bits per heavy atom. The summed E-state index contributed by atoms with van der Waals surface area (Å²) >= 11 is 0. The molecule has 0 saturated heterocycles. The van der Waals surface area contributed by atoms with Crippen LogP contribution >= 0.6 is 0 Å². The number of rotatable bonds is 6. The molecule has 0 bridgehead atoms. The van der Waals surface area contributed by atoms with Crippen LogP contribution in [-0.4, -0.2) is 27.0 Å². The molecular formula is C20H32N2O2Si. The van der Waals surface area contributed by atoms with Crippen LogP contribution in [0.2, 0.25) is 18.1 Å². The fourth-order valence-electron chi connectivity index (χ4n) is 3.10. The van der Waals surface area contributed by atoms with E-state index in [1.165, 1.54) is 31.9 Å². The van der Waals surface area contributed by atoms with Crippen LogP contribution in [0.4, 0.5) is 5.69 Å². The van der Waals surface area contributed by atoms with Crippen LogP contribution in [0.5, 0.6) is 0 Å². The number of aryl methyl sites for hydroxylation is 1. The molecular weight excluding hydrogens is 328 g/mol. The number of nitrogens with zero attached hydrogens (tertiary/aromatic N) is 2. The minimum absolute atomic E-state index is 0.0193. The Balaban J connectivity index is 2.50. The fourth-order valence-corrected chi connectivity index (χ4v) is 5.18. The highest BCUT2D eigenvalue weighted by atomic mass is 28.3. The van der Waals surface area contributed by atoms with Crippen LogP contribution in [0, 0.1) is 0 Å². The van der Waals surface area contributed by atoms with E-state index in [0.29, 0.717) is 5.71 Å². The monoisotopic (exact) mass is 360 g/mol. The number of carbonyl (C=O) groups is 1. The van der Waals surface area contributed by atoms with Gasteiger partial charge >= 0.3 is 0 Å². The normalized spacial score (nSPS) is 16.5. The predicted molar refractivity (Wildman–Crippen MR) is 108 cm³/mol. The van der Waals surface area contributed by atoms with E-state index >= 15 is 0 Å². The van der Waals surface area contributed by atoms with E-state index in [4.69, 9.17) is 4.84 Å². The largest absolute Gasteiger partial charge is 0.398 e. The second kappa shape index (κ2) is 7.32. The number of anilines is 1. The highest BCUT2D eigenvalue weighted by Gasteiger charge is 2.49. The molecule has 25 heavy (non-hydrogen) atoms. The van der Waals surface area contributed by atoms with Crippen LogP contribution in [0.15, 0.2) is 23.4 Å². The van der Waals surface area contributed by atoms with Crippen molar-refractivity contribution >= 4 is 25.5 Å². The van der Waals surface area contributed by atoms with E-state index in [1.807, 2.05) is 4.57 Å². The van der Waals surface area contributed by atoms with E-state index in [9.17, 15) is 4.79 Å². The Hall–Kier alpha value is -1.62. The van der Waals surface area contributed by atoms with Gasteiger partial charge in [-0.15, -0.1) is 0 Å². The minimum atomic E-state index is -2.06. The second-order valence-corrected chi connectivity index (χ2v) is 13.4. The van der Waals surface area contributed by atoms with Gasteiger partial charge in [-0.1, -0.05) is 64.9 Å². The molecule has 0 radical (unpaired) electrons. The average molecular weight is 361 g/mol. The highest BCUT2D eigenvalue weighted by molar-refractivity contribution is 6.90. The Kier molecular flexibility index (Phi) is 5.77. The smallest absolute Gasteiger partial charge is 0.273 e. The summed E-state index contributed by atoms with van der Waals surface area (Å²) in [4.78, 5) is 18.2. The maximum absolute atomic E-state index is 13.2. The van der Waals surface area contributed by atoms with Crippen molar-refractivity contribution in [3.05, 3.63) is 29.3 Å². The lowest BCUT2D eigenvalue weighted by Crippen LogP contribution is -2.57. The maximum Gasteiger partial charge on any atom is 0.273 e. The van der Waals surface area contributed by atoms with Gasteiger partial charge in [-0.25, -0.2) is 0 Å². The first kappa shape index (κ1) is 19.7. The molecule has 0 fully saturated rings. The lowest BCUT2D eigenvalue weighted by atomic mass is 10.0. The molecule has 5 heteroatoms. The Bertz CT molecular complexity index is 675. The van der Waals surface area contributed by atoms with Gasteiger partial charge in [0.15, 0.2) is 13.9 Å². The van der Waals surface area contributed by atoms with E-state index in [-0.39, 0.29) is 10.9 Å². The molecule has 0 spiro atoms. The Labute approximate surface area is 153 Å². The third-order valence-electron chi connectivity index (χ3n) is 5.61. The van der Waals surface area contributed by atoms with Gasteiger partial charge in [0.1, 0.15) is 7.11 Å². The van der Waals surface area contributed by atoms with E-state index in [2.05, 4.69) is 64.1 Å². The topological polar surface area (TPSA) is 41.9 Å². The fraction of sp³-hybridized carbons (Fsp3) is 0.600. The molecule has 1 aliphatic heterocycles. The summed E-state index contributed by atoms with van der Waals surface area (Å²) in [6.45, 7) is 13.4. The van der Waals surface area contributed by atoms with Crippen molar-refractivity contribution in [2.75, 3.05) is 11.7 Å². The van der Waals surface area contributed by atoms with Gasteiger partial charge in [-0.3, -0.25) is 4.79 Å². The van der Waals surface area contributed by atoms with Gasteiger partial charge in [0.2, 0.25) is 0 Å². The SMILES string of the molecule is CCCCCc1ccc2c(c1)/C(=N\OC)C(=O)N2[Si](C)(C)C(C)(C)C. The van der Waals surface area contributed by atoms with Crippen LogP contribution in [0.3, 0.4) is 0 Å². The zero-order chi connectivity index (χ0) is 18.8. The van der Waals surface area contributed by atoms with E-state index in [0.717, 1.165) is 17.7 Å². The van der Waals surface area contributed by atoms with Gasteiger partial charge in [0, 0.05) is 11.3 Å². The molecule has 0 aromatic heterocycles. The van der Waals surface area contributed by atoms with Crippen molar-refractivity contribution in [2.45, 2.75) is 71.5 Å². The molecule has 1 amide bonds. The predicted octanol–water partition coefficient (Wildman–Crippen LogP) is 5.12. The summed E-state index contributed by atoms with van der Waals surface area (Å²) in [5.74, 6) is -0.0193. The van der Waals surface area contributed by atoms with Crippen LogP contribution in [-0.2, 0) is 16.1 Å². The molecule has 2 rings (SSSR count). The molecule has 0 atom stereocenters. The van der Waals surface area contributed by atoms with Crippen molar-refractivity contribution in [1.29, 1.82) is 0 Å². The number of unbranched alkanes of at least 4 members (excludes halogenated alkanes) is 2. The van der Waals surface area contributed by atoms with Crippen molar-refractivity contribution in [3.8, 4) is 0 Å². The molecule has 1 aromatic rings. The van der Waals surface area contributed by atoms with Crippen molar-refractivity contribution in [1.82, 2.24) is 0 Å². The number of carbonyl (C=O) groups excluding carboxylic acids is 1. The van der Waals surface area contributed by atoms with Gasteiger partial charge in [-0.2, -0.15) is 0 Å². The summed E-state index contributed by atoms with van der Waals surface area (Å²) in [7, 11) is -0.558. The number of oxime groups is 1. The zero-order valence-corrected chi connectivity index (χ0v) is 17.8. The number of hydrogen-bond donors (Lipinski definition) is 0. The summed E-state index contributed by atoms with van der Waals surface area (Å²) in [6, 6.07) is 6.40. The van der Waals surface area contributed by atoms with Crippen LogP contribution < -0.4 is 4.57 Å². The summed E-state index contributed by atoms with van der Waals surface area (Å²) < 4.78 is 2.02. The quantitative estimate of drug-likeness (QED) is 0.401. The first-order valence-electron chi connectivity index (χ1n) is 9.24. The van der Waals surface area contributed by atoms with Crippen molar-refractivity contribution < 1.29 is 9.63 Å².